The summed E-state index contributed by atoms with van der Waals surface area (Å²) in [6.45, 7) is 2.66. The minimum Gasteiger partial charge on any atom is -0.354 e. The summed E-state index contributed by atoms with van der Waals surface area (Å²) in [5.74, 6) is 0.633. The molecule has 126 valence electrons. The lowest BCUT2D eigenvalue weighted by Gasteiger charge is -2.52. The number of halogens is 1. The average molecular weight is 334 g/mol. The van der Waals surface area contributed by atoms with E-state index in [1.807, 2.05) is 0 Å². The molecule has 0 aromatic rings. The lowest BCUT2D eigenvalue weighted by Crippen LogP contribution is -2.53. The molecule has 2 aliphatic carbocycles. The molecule has 0 aliphatic heterocycles. The van der Waals surface area contributed by atoms with Gasteiger partial charge >= 0.3 is 0 Å². The highest BCUT2D eigenvalue weighted by atomic mass is 35.5. The summed E-state index contributed by atoms with van der Waals surface area (Å²) in [6.07, 6.45) is 23.5. The summed E-state index contributed by atoms with van der Waals surface area (Å²) in [5.41, 5.74) is -0.196. The molecule has 0 saturated heterocycles. The molecule has 0 aromatic heterocycles. The third kappa shape index (κ3) is 4.60. The molecule has 0 aromatic carbocycles. The van der Waals surface area contributed by atoms with Crippen LogP contribution in [0, 0.1) is 10.8 Å². The van der Waals surface area contributed by atoms with E-state index in [2.05, 4.69) is 60.8 Å². The van der Waals surface area contributed by atoms with Crippen molar-refractivity contribution in [2.24, 2.45) is 10.8 Å². The summed E-state index contributed by atoms with van der Waals surface area (Å²) in [5, 5.41) is 2.98. The highest BCUT2D eigenvalue weighted by molar-refractivity contribution is 6.18. The summed E-state index contributed by atoms with van der Waals surface area (Å²) in [4.78, 5) is 12.5. The molecule has 0 radical (unpaired) electrons. The molecule has 0 atom stereocenters. The first-order valence-electron chi connectivity index (χ1n) is 8.66. The maximum Gasteiger partial charge on any atom is 0.226 e. The second-order valence-corrected chi connectivity index (χ2v) is 7.00. The number of amides is 1. The number of alkyl halides is 1. The Morgan fingerprint density at radius 3 is 2.00 bits per heavy atom. The Kier molecular flexibility index (Phi) is 6.71. The minimum atomic E-state index is -0.233. The first-order chi connectivity index (χ1) is 11.2. The van der Waals surface area contributed by atoms with E-state index in [1.54, 1.807) is 0 Å². The number of carbonyl (C=O) groups excluding carboxylic acids is 1. The Morgan fingerprint density at radius 1 is 1.00 bits per heavy atom. The molecule has 1 N–H and O–H groups in total. The second-order valence-electron chi connectivity index (χ2n) is 6.62. The molecule has 2 rings (SSSR count). The fourth-order valence-electron chi connectivity index (χ4n) is 3.65. The first-order valence-corrected chi connectivity index (χ1v) is 9.19. The van der Waals surface area contributed by atoms with Gasteiger partial charge in [0.05, 0.1) is 5.41 Å². The summed E-state index contributed by atoms with van der Waals surface area (Å²) < 4.78 is 0. The molecule has 1 fully saturated rings. The van der Waals surface area contributed by atoms with Crippen LogP contribution in [0.1, 0.15) is 45.4 Å². The Morgan fingerprint density at radius 2 is 1.52 bits per heavy atom. The predicted molar refractivity (Wildman–Crippen MR) is 98.5 cm³/mol. The third-order valence-electron chi connectivity index (χ3n) is 4.92. The Labute approximate surface area is 145 Å². The Hall–Kier alpha value is -1.28. The van der Waals surface area contributed by atoms with Crippen molar-refractivity contribution in [3.63, 3.8) is 0 Å². The average Bonchev–Trinajstić information content (AvgIpc) is 2.51. The molecule has 0 heterocycles. The van der Waals surface area contributed by atoms with Crippen LogP contribution in [0.3, 0.4) is 0 Å². The van der Waals surface area contributed by atoms with Crippen LogP contribution in [0.25, 0.3) is 0 Å². The molecule has 1 saturated carbocycles. The molecule has 0 unspecified atom stereocenters. The van der Waals surface area contributed by atoms with Crippen molar-refractivity contribution in [1.29, 1.82) is 0 Å². The van der Waals surface area contributed by atoms with Gasteiger partial charge in [-0.05, 0) is 38.5 Å². The highest BCUT2D eigenvalue weighted by Crippen LogP contribution is 2.58. The van der Waals surface area contributed by atoms with Crippen LogP contribution in [-0.4, -0.2) is 18.3 Å². The van der Waals surface area contributed by atoms with Gasteiger partial charge in [-0.25, -0.2) is 0 Å². The molecule has 23 heavy (non-hydrogen) atoms. The lowest BCUT2D eigenvalue weighted by molar-refractivity contribution is -0.141. The van der Waals surface area contributed by atoms with Gasteiger partial charge in [-0.3, -0.25) is 4.79 Å². The number of hydrogen-bond donors (Lipinski definition) is 1. The van der Waals surface area contributed by atoms with Gasteiger partial charge in [0, 0.05) is 17.8 Å². The third-order valence-corrected chi connectivity index (χ3v) is 5.11. The summed E-state index contributed by atoms with van der Waals surface area (Å²) >= 11 is 5.69. The van der Waals surface area contributed by atoms with Gasteiger partial charge in [0.25, 0.3) is 0 Å². The Bertz CT molecular complexity index is 484. The SMILES string of the molecule is CCC1(C(=O)NCCCl)CC2(C=CC/C=C\C/C=C\C/C=C\2)C1. The monoisotopic (exact) mass is 333 g/mol. The summed E-state index contributed by atoms with van der Waals surface area (Å²) in [7, 11) is 0. The largest absolute Gasteiger partial charge is 0.354 e. The number of carbonyl (C=O) groups is 1. The molecule has 1 amide bonds. The van der Waals surface area contributed by atoms with Crippen LogP contribution in [0.2, 0.25) is 0 Å². The molecule has 2 aliphatic rings. The van der Waals surface area contributed by atoms with Crippen LogP contribution in [-0.2, 0) is 4.79 Å². The molecular formula is C20H28ClNO. The number of nitrogens with one attached hydrogen (secondary N) is 1. The van der Waals surface area contributed by atoms with E-state index >= 15 is 0 Å². The maximum absolute atomic E-state index is 12.5. The Balaban J connectivity index is 2.09. The highest BCUT2D eigenvalue weighted by Gasteiger charge is 2.54. The van der Waals surface area contributed by atoms with E-state index in [-0.39, 0.29) is 16.7 Å². The molecular weight excluding hydrogens is 306 g/mol. The van der Waals surface area contributed by atoms with Crippen molar-refractivity contribution in [2.45, 2.75) is 45.4 Å². The van der Waals surface area contributed by atoms with Crippen LogP contribution < -0.4 is 5.32 Å². The zero-order chi connectivity index (χ0) is 16.6. The van der Waals surface area contributed by atoms with Crippen LogP contribution in [0.15, 0.2) is 48.6 Å². The number of rotatable bonds is 4. The zero-order valence-corrected chi connectivity index (χ0v) is 14.8. The fourth-order valence-corrected chi connectivity index (χ4v) is 3.74. The van der Waals surface area contributed by atoms with Crippen LogP contribution >= 0.6 is 11.6 Å². The predicted octanol–water partition coefficient (Wildman–Crippen LogP) is 4.93. The van der Waals surface area contributed by atoms with Crippen molar-refractivity contribution >= 4 is 17.5 Å². The van der Waals surface area contributed by atoms with Gasteiger partial charge in [-0.2, -0.15) is 0 Å². The minimum absolute atomic E-state index is 0.0369. The van der Waals surface area contributed by atoms with Crippen molar-refractivity contribution in [3.8, 4) is 0 Å². The van der Waals surface area contributed by atoms with Crippen molar-refractivity contribution in [3.05, 3.63) is 48.6 Å². The first kappa shape index (κ1) is 18.1. The van der Waals surface area contributed by atoms with Crippen LogP contribution in [0.4, 0.5) is 0 Å². The van der Waals surface area contributed by atoms with Crippen molar-refractivity contribution in [1.82, 2.24) is 5.32 Å². The standard InChI is InChI=1S/C20H28ClNO/c1-2-20(18(23)22-15-14-21)16-19(17-20)12-10-8-6-4-3-5-7-9-11-13-19/h4-7,10-13H,2-3,8-9,14-17H2,1H3,(H,22,23)/b6-4-,7-5-,12-10-,13-11?. The summed E-state index contributed by atoms with van der Waals surface area (Å²) in [6, 6.07) is 0. The van der Waals surface area contributed by atoms with Gasteiger partial charge in [-0.1, -0.05) is 55.5 Å². The topological polar surface area (TPSA) is 29.1 Å². The van der Waals surface area contributed by atoms with Crippen molar-refractivity contribution < 1.29 is 4.79 Å². The fraction of sp³-hybridized carbons (Fsp3) is 0.550. The molecule has 1 spiro atoms. The zero-order valence-electron chi connectivity index (χ0n) is 14.1. The van der Waals surface area contributed by atoms with Crippen molar-refractivity contribution in [2.75, 3.05) is 12.4 Å². The molecule has 3 heteroatoms. The van der Waals surface area contributed by atoms with E-state index < -0.39 is 0 Å². The van der Waals surface area contributed by atoms with Gasteiger partial charge in [0.1, 0.15) is 0 Å². The van der Waals surface area contributed by atoms with E-state index in [1.165, 1.54) is 0 Å². The van der Waals surface area contributed by atoms with E-state index in [0.29, 0.717) is 12.4 Å². The van der Waals surface area contributed by atoms with Gasteiger partial charge in [0.15, 0.2) is 0 Å². The van der Waals surface area contributed by atoms with E-state index in [4.69, 9.17) is 11.6 Å². The lowest BCUT2D eigenvalue weighted by atomic mass is 9.51. The quantitative estimate of drug-likeness (QED) is 0.573. The van der Waals surface area contributed by atoms with E-state index in [9.17, 15) is 4.79 Å². The van der Waals surface area contributed by atoms with Gasteiger partial charge < -0.3 is 5.32 Å². The normalized spacial score (nSPS) is 34.7. The molecule has 0 bridgehead atoms. The maximum atomic E-state index is 12.5. The van der Waals surface area contributed by atoms with Gasteiger partial charge in [-0.15, -0.1) is 11.6 Å². The second kappa shape index (κ2) is 8.54. The van der Waals surface area contributed by atoms with Crippen LogP contribution in [0.5, 0.6) is 0 Å². The number of allylic oxidation sites excluding steroid dienone is 8. The molecule has 2 nitrogen and oxygen atoms in total. The van der Waals surface area contributed by atoms with E-state index in [0.717, 1.165) is 38.5 Å². The smallest absolute Gasteiger partial charge is 0.226 e. The number of hydrogen-bond acceptors (Lipinski definition) is 1. The van der Waals surface area contributed by atoms with Gasteiger partial charge in [0.2, 0.25) is 5.91 Å².